The van der Waals surface area contributed by atoms with Gasteiger partial charge in [0.1, 0.15) is 46.6 Å². The monoisotopic (exact) mass is 2010 g/mol. The molecule has 23 rings (SSSR count). The predicted molar refractivity (Wildman–Crippen MR) is 533 cm³/mol. The Balaban J connectivity index is 0.000000124. The fraction of sp³-hybridized carbons (Fsp3) is 0.538. The van der Waals surface area contributed by atoms with Crippen molar-refractivity contribution in [2.75, 3.05) is 52.4 Å². The fourth-order valence-electron chi connectivity index (χ4n) is 23.6. The van der Waals surface area contributed by atoms with Crippen LogP contribution in [0.3, 0.4) is 0 Å². The molecule has 4 bridgehead atoms. The topological polar surface area (TPSA) is 462 Å². The van der Waals surface area contributed by atoms with Crippen LogP contribution in [0.4, 0.5) is 38.4 Å². The number of benzene rings is 2. The summed E-state index contributed by atoms with van der Waals surface area (Å²) in [6.07, 6.45) is 51.4. The molecule has 12 aliphatic rings. The zero-order valence-electron chi connectivity index (χ0n) is 83.3. The van der Waals surface area contributed by atoms with Crippen molar-refractivity contribution in [2.45, 2.75) is 287 Å². The molecule has 41 nitrogen and oxygen atoms in total. The van der Waals surface area contributed by atoms with E-state index in [-0.39, 0.29) is 61.0 Å². The first-order valence-electron chi connectivity index (χ1n) is 52.7. The highest BCUT2D eigenvalue weighted by Gasteiger charge is 2.57. The van der Waals surface area contributed by atoms with E-state index in [9.17, 15) is 38.4 Å². The summed E-state index contributed by atoms with van der Waals surface area (Å²) in [6.45, 7) is 11.2. The molecule has 9 aromatic heterocycles. The van der Waals surface area contributed by atoms with E-state index in [1.807, 2.05) is 107 Å². The molecule has 41 heteroatoms. The Bertz CT molecular complexity index is 5800. The number of amides is 8. The van der Waals surface area contributed by atoms with Crippen LogP contribution in [-0.2, 0) is 129 Å². The Morgan fingerprint density at radius 1 is 0.265 bits per heavy atom. The molecule has 4 fully saturated rings. The number of ether oxygens (including phenoxy) is 8. The van der Waals surface area contributed by atoms with Gasteiger partial charge in [-0.2, -0.15) is 0 Å². The largest absolute Gasteiger partial charge is 0.438 e. The highest BCUT2D eigenvalue weighted by atomic mass is 16.6. The van der Waals surface area contributed by atoms with Gasteiger partial charge in [-0.1, -0.05) is 54.6 Å². The average Bonchev–Trinajstić information content (AvgIpc) is 1.58. The maximum Gasteiger partial charge on any atom is 0.407 e. The Hall–Kier alpha value is -14.6. The number of nitrogens with one attached hydrogen (secondary N) is 8. The molecule has 4 saturated carbocycles. The number of carbonyl (C=O) groups is 8. The number of aromatic nitrogens is 17. The van der Waals surface area contributed by atoms with Crippen LogP contribution in [0.15, 0.2) is 166 Å². The quantitative estimate of drug-likeness (QED) is 0.0131. The van der Waals surface area contributed by atoms with E-state index in [0.717, 1.165) is 256 Å². The van der Waals surface area contributed by atoms with Gasteiger partial charge >= 0.3 is 48.7 Å². The van der Waals surface area contributed by atoms with Crippen LogP contribution >= 0.6 is 0 Å². The first-order valence-corrected chi connectivity index (χ1v) is 52.7. The molecule has 17 heterocycles. The summed E-state index contributed by atoms with van der Waals surface area (Å²) < 4.78 is 60.5. The molecule has 0 spiro atoms. The van der Waals surface area contributed by atoms with E-state index in [0.29, 0.717) is 69.6 Å². The number of fused-ring (bicyclic) bond motifs is 8. The number of hydrogen-bond donors (Lipinski definition) is 8. The van der Waals surface area contributed by atoms with E-state index < -0.39 is 36.6 Å². The van der Waals surface area contributed by atoms with Gasteiger partial charge in [0.25, 0.3) is 0 Å². The molecule has 8 amide bonds. The molecule has 8 unspecified atom stereocenters. The van der Waals surface area contributed by atoms with Crippen molar-refractivity contribution in [3.63, 3.8) is 0 Å². The minimum absolute atomic E-state index is 0.235. The molecule has 8 N–H and O–H groups in total. The summed E-state index contributed by atoms with van der Waals surface area (Å²) in [5.41, 5.74) is 7.58. The SMILES string of the molecule is O=C(NCCCC12CC3CC(C1)CC(CCCNC(=O)OC1CCn4ccnc41)(C3)C2)OC1CCn2ccnc21.O=C(NCCCc1cccc(CCCNC(=O)OC2CCn3ccnc32)c1)OC1CCn2ccnc21.O=C(NCCCc1cccc(CCCNC(=O)OC2CCn3ccnc32)n1)OC1CCn2ccnc21.O=C(NCCCc1cccc(CCNC(=O)OC2CCn3ccnc32)c1)OC1CCn2ccnc21. The summed E-state index contributed by atoms with van der Waals surface area (Å²) >= 11 is 0. The van der Waals surface area contributed by atoms with Gasteiger partial charge in [0, 0.05) is 267 Å². The van der Waals surface area contributed by atoms with Crippen LogP contribution in [0.1, 0.15) is 277 Å². The van der Waals surface area contributed by atoms with Crippen molar-refractivity contribution in [1.29, 1.82) is 0 Å². The Labute approximate surface area is 853 Å². The molecule has 0 radical (unpaired) electrons. The third-order valence-electron chi connectivity index (χ3n) is 30.0. The highest BCUT2D eigenvalue weighted by Crippen LogP contribution is 2.68. The van der Waals surface area contributed by atoms with Crippen LogP contribution in [0.25, 0.3) is 0 Å². The van der Waals surface area contributed by atoms with E-state index in [4.69, 9.17) is 42.9 Å². The molecule has 8 atom stereocenters. The van der Waals surface area contributed by atoms with Gasteiger partial charge in [0.05, 0.1) is 0 Å². The number of aryl methyl sites for hydroxylation is 13. The second-order valence-corrected chi connectivity index (χ2v) is 40.4. The number of imidazole rings is 8. The highest BCUT2D eigenvalue weighted by molar-refractivity contribution is 5.70. The molecular weight excluding hydrogens is 1880 g/mol. The normalized spacial score (nSPS) is 22.0. The Morgan fingerprint density at radius 2 is 0.476 bits per heavy atom. The summed E-state index contributed by atoms with van der Waals surface area (Å²) in [6, 6.07) is 22.7. The van der Waals surface area contributed by atoms with E-state index in [1.165, 1.54) is 68.1 Å². The lowest BCUT2D eigenvalue weighted by atomic mass is 9.42. The van der Waals surface area contributed by atoms with Crippen molar-refractivity contribution in [1.82, 2.24) is 124 Å². The zero-order chi connectivity index (χ0) is 101. The van der Waals surface area contributed by atoms with Gasteiger partial charge in [-0.3, -0.25) is 4.98 Å². The molecule has 2 aromatic carbocycles. The standard InChI is InChI=1S/C30H42N6O4.C26H32N6O4.C25H31N7O4.C25H30N6O4/c37-27(39-23-3-11-35-13-9-31-25(23)35)33-7-1-5-29-16-21-15-22(17-29)19-30(18-21,20-29)6-2-8-34-28(38)40-24-4-12-36-14-10-32-26(24)36;33-25(35-21-8-14-31-16-12-27-23(21)31)29-10-2-6-19-4-1-5-20(18-19)7-3-11-30-26(34)36-22-9-15-32-17-13-28-24(22)32;33-24(35-20-8-14-31-16-12-26-22(20)31)28-10-2-6-18-4-1-5-19(30-18)7-3-11-29-25(34)36-21-9-15-32-17-13-27-23(21)32;32-24(34-20-7-13-30-15-11-26-22(20)30)28-9-2-5-18-3-1-4-19(17-18)6-10-29-25(33)35-21-8-14-31-16-12-27-23(21)31/h9-10,13-14,21-24H,1-8,11-12,15-20H2,(H,33,37)(H,34,38);1,4-5,12-13,16-18,21-22H,2-3,6-11,14-15H2,(H,29,33)(H,30,34);1,4-5,12-13,16-17,20-21H,2-3,6-11,14-15H2,(H,28,33)(H,29,34);1,3-4,11-12,15-17,20-21H,2,5-10,13-14H2,(H,28,32)(H,29,33). The van der Waals surface area contributed by atoms with E-state index >= 15 is 0 Å². The molecule has 4 aliphatic carbocycles. The Kier molecular flexibility index (Phi) is 33.4. The van der Waals surface area contributed by atoms with Gasteiger partial charge in [-0.15, -0.1) is 0 Å². The summed E-state index contributed by atoms with van der Waals surface area (Å²) in [5.74, 6) is 8.24. The van der Waals surface area contributed by atoms with Gasteiger partial charge in [0.2, 0.25) is 0 Å². The summed E-state index contributed by atoms with van der Waals surface area (Å²) in [4.78, 5) is 136. The second kappa shape index (κ2) is 48.6. The molecule has 8 aliphatic heterocycles. The van der Waals surface area contributed by atoms with Crippen molar-refractivity contribution in [3.05, 3.63) is 246 Å². The third kappa shape index (κ3) is 26.8. The average molecular weight is 2020 g/mol. The third-order valence-corrected chi connectivity index (χ3v) is 30.0. The minimum Gasteiger partial charge on any atom is -0.438 e. The molecular formula is C106H135N25O16. The number of pyridine rings is 1. The summed E-state index contributed by atoms with van der Waals surface area (Å²) in [5, 5.41) is 23.0. The predicted octanol–water partition coefficient (Wildman–Crippen LogP) is 15.3. The van der Waals surface area contributed by atoms with Crippen molar-refractivity contribution >= 4 is 48.7 Å². The molecule has 11 aromatic rings. The van der Waals surface area contributed by atoms with Gasteiger partial charge < -0.3 is 117 Å². The number of carbonyl (C=O) groups excluding carboxylic acids is 8. The van der Waals surface area contributed by atoms with Crippen LogP contribution in [0.2, 0.25) is 0 Å². The Morgan fingerprint density at radius 3 is 0.721 bits per heavy atom. The van der Waals surface area contributed by atoms with E-state index in [1.54, 1.807) is 49.6 Å². The lowest BCUT2D eigenvalue weighted by Gasteiger charge is -2.63. The number of alkyl carbamates (subject to hydrolysis) is 8. The minimum atomic E-state index is -0.415. The van der Waals surface area contributed by atoms with Crippen molar-refractivity contribution in [2.24, 2.45) is 22.7 Å². The van der Waals surface area contributed by atoms with E-state index in [2.05, 4.69) is 128 Å². The molecule has 780 valence electrons. The number of nitrogens with zero attached hydrogens (tertiary/aromatic N) is 17. The molecule has 147 heavy (non-hydrogen) atoms. The van der Waals surface area contributed by atoms with Crippen molar-refractivity contribution in [3.8, 4) is 0 Å². The first-order chi connectivity index (χ1) is 71.9. The van der Waals surface area contributed by atoms with Crippen LogP contribution < -0.4 is 42.5 Å². The lowest BCUT2D eigenvalue weighted by molar-refractivity contribution is -0.118. The summed E-state index contributed by atoms with van der Waals surface area (Å²) in [7, 11) is 0. The lowest BCUT2D eigenvalue weighted by Crippen LogP contribution is -2.52. The van der Waals surface area contributed by atoms with Gasteiger partial charge in [-0.25, -0.2) is 78.2 Å². The zero-order valence-corrected chi connectivity index (χ0v) is 83.3. The van der Waals surface area contributed by atoms with Crippen LogP contribution in [0.5, 0.6) is 0 Å². The van der Waals surface area contributed by atoms with Crippen LogP contribution in [-0.4, -0.2) is 182 Å². The maximum atomic E-state index is 12.4. The van der Waals surface area contributed by atoms with Gasteiger partial charge in [-0.05, 0) is 192 Å². The number of rotatable bonds is 39. The van der Waals surface area contributed by atoms with Crippen molar-refractivity contribution < 1.29 is 76.3 Å². The van der Waals surface area contributed by atoms with Gasteiger partial charge in [0.15, 0.2) is 48.8 Å². The number of hydrogen-bond acceptors (Lipinski definition) is 25. The van der Waals surface area contributed by atoms with Crippen LogP contribution in [0, 0.1) is 22.7 Å². The molecule has 0 saturated heterocycles. The smallest absolute Gasteiger partial charge is 0.407 e. The second-order valence-electron chi connectivity index (χ2n) is 40.4. The maximum absolute atomic E-state index is 12.4. The fourth-order valence-corrected chi connectivity index (χ4v) is 23.6. The first kappa shape index (κ1) is 101.